The molecule has 0 aliphatic carbocycles. The first-order valence-electron chi connectivity index (χ1n) is 5.53. The number of hydrogen-bond donors (Lipinski definition) is 1. The van der Waals surface area contributed by atoms with Gasteiger partial charge in [-0.1, -0.05) is 11.6 Å². The van der Waals surface area contributed by atoms with Crippen LogP contribution in [0.2, 0.25) is 5.02 Å². The molecule has 1 aromatic heterocycles. The van der Waals surface area contributed by atoms with Crippen LogP contribution in [0.15, 0.2) is 24.4 Å². The van der Waals surface area contributed by atoms with E-state index in [0.717, 1.165) is 0 Å². The van der Waals surface area contributed by atoms with Crippen LogP contribution in [-0.4, -0.2) is 22.5 Å². The highest BCUT2D eigenvalue weighted by Gasteiger charge is 2.20. The molecule has 19 heavy (non-hydrogen) atoms. The average molecular weight is 280 g/mol. The van der Waals surface area contributed by atoms with E-state index < -0.39 is 0 Å². The van der Waals surface area contributed by atoms with Crippen LogP contribution in [-0.2, 0) is 7.05 Å². The third-order valence-corrected chi connectivity index (χ3v) is 2.93. The SMILES string of the molecule is Cn1ccc(NC(=O)c2cc(Cl)c3c(c2)OCO3)n1. The van der Waals surface area contributed by atoms with E-state index >= 15 is 0 Å². The van der Waals surface area contributed by atoms with Crippen LogP contribution in [0.5, 0.6) is 11.5 Å². The summed E-state index contributed by atoms with van der Waals surface area (Å²) in [4.78, 5) is 12.1. The fourth-order valence-corrected chi connectivity index (χ4v) is 2.03. The lowest BCUT2D eigenvalue weighted by Crippen LogP contribution is -2.12. The lowest BCUT2D eigenvalue weighted by molar-refractivity contribution is 0.102. The second kappa shape index (κ2) is 4.47. The van der Waals surface area contributed by atoms with E-state index in [1.54, 1.807) is 30.1 Å². The Morgan fingerprint density at radius 1 is 1.47 bits per heavy atom. The summed E-state index contributed by atoms with van der Waals surface area (Å²) in [6, 6.07) is 4.83. The Hall–Kier alpha value is -2.21. The number of nitrogens with one attached hydrogen (secondary N) is 1. The lowest BCUT2D eigenvalue weighted by atomic mass is 10.2. The van der Waals surface area contributed by atoms with Crippen LogP contribution in [0.4, 0.5) is 5.82 Å². The van der Waals surface area contributed by atoms with Crippen molar-refractivity contribution in [1.29, 1.82) is 0 Å². The third-order valence-electron chi connectivity index (χ3n) is 2.64. The van der Waals surface area contributed by atoms with Gasteiger partial charge in [0.25, 0.3) is 5.91 Å². The molecule has 0 bridgehead atoms. The van der Waals surface area contributed by atoms with E-state index in [1.807, 2.05) is 0 Å². The Morgan fingerprint density at radius 2 is 2.32 bits per heavy atom. The van der Waals surface area contributed by atoms with Gasteiger partial charge in [-0.15, -0.1) is 0 Å². The molecule has 0 saturated carbocycles. The van der Waals surface area contributed by atoms with Crippen molar-refractivity contribution < 1.29 is 14.3 Å². The highest BCUT2D eigenvalue weighted by atomic mass is 35.5. The number of fused-ring (bicyclic) bond motifs is 1. The Balaban J connectivity index is 1.86. The highest BCUT2D eigenvalue weighted by molar-refractivity contribution is 6.32. The number of nitrogens with zero attached hydrogens (tertiary/aromatic N) is 2. The van der Waals surface area contributed by atoms with Crippen LogP contribution in [0.25, 0.3) is 0 Å². The molecular weight excluding hydrogens is 270 g/mol. The molecule has 7 heteroatoms. The number of amides is 1. The predicted molar refractivity (Wildman–Crippen MR) is 68.7 cm³/mol. The molecule has 0 atom stereocenters. The number of rotatable bonds is 2. The van der Waals surface area contributed by atoms with Gasteiger partial charge in [-0.3, -0.25) is 9.48 Å². The van der Waals surface area contributed by atoms with Gasteiger partial charge in [0.05, 0.1) is 5.02 Å². The molecular formula is C12H10ClN3O3. The molecule has 1 N–H and O–H groups in total. The number of ether oxygens (including phenoxy) is 2. The first-order valence-corrected chi connectivity index (χ1v) is 5.91. The summed E-state index contributed by atoms with van der Waals surface area (Å²) >= 11 is 6.02. The van der Waals surface area contributed by atoms with Gasteiger partial charge in [0.1, 0.15) is 0 Å². The van der Waals surface area contributed by atoms with Crippen LogP contribution in [0, 0.1) is 0 Å². The quantitative estimate of drug-likeness (QED) is 0.914. The summed E-state index contributed by atoms with van der Waals surface area (Å²) in [6.07, 6.45) is 1.74. The molecule has 98 valence electrons. The van der Waals surface area contributed by atoms with Gasteiger partial charge in [0.15, 0.2) is 17.3 Å². The highest BCUT2D eigenvalue weighted by Crippen LogP contribution is 2.39. The molecule has 1 aliphatic rings. The zero-order valence-electron chi connectivity index (χ0n) is 10.0. The van der Waals surface area contributed by atoms with E-state index in [4.69, 9.17) is 21.1 Å². The Bertz CT molecular complexity index is 654. The van der Waals surface area contributed by atoms with E-state index in [0.29, 0.717) is 27.9 Å². The molecule has 2 heterocycles. The summed E-state index contributed by atoms with van der Waals surface area (Å²) in [5.74, 6) is 1.11. The van der Waals surface area contributed by atoms with Crippen molar-refractivity contribution in [3.63, 3.8) is 0 Å². The van der Waals surface area contributed by atoms with E-state index in [-0.39, 0.29) is 12.7 Å². The molecule has 0 unspecified atom stereocenters. The number of hydrogen-bond acceptors (Lipinski definition) is 4. The molecule has 6 nitrogen and oxygen atoms in total. The van der Waals surface area contributed by atoms with Gasteiger partial charge < -0.3 is 14.8 Å². The van der Waals surface area contributed by atoms with Gasteiger partial charge in [0.2, 0.25) is 6.79 Å². The molecule has 1 aromatic carbocycles. The van der Waals surface area contributed by atoms with Gasteiger partial charge in [-0.05, 0) is 12.1 Å². The van der Waals surface area contributed by atoms with Crippen molar-refractivity contribution in [1.82, 2.24) is 9.78 Å². The van der Waals surface area contributed by atoms with Gasteiger partial charge in [0, 0.05) is 24.9 Å². The van der Waals surface area contributed by atoms with Crippen LogP contribution in [0.1, 0.15) is 10.4 Å². The Kier molecular flexibility index (Phi) is 2.79. The molecule has 3 rings (SSSR count). The minimum atomic E-state index is -0.307. The topological polar surface area (TPSA) is 65.4 Å². The van der Waals surface area contributed by atoms with Gasteiger partial charge >= 0.3 is 0 Å². The van der Waals surface area contributed by atoms with Crippen LogP contribution < -0.4 is 14.8 Å². The smallest absolute Gasteiger partial charge is 0.257 e. The zero-order chi connectivity index (χ0) is 13.4. The number of carbonyl (C=O) groups excluding carboxylic acids is 1. The fourth-order valence-electron chi connectivity index (χ4n) is 1.77. The molecule has 0 fully saturated rings. The molecule has 1 aliphatic heterocycles. The first kappa shape index (κ1) is 11.9. The van der Waals surface area contributed by atoms with E-state index in [2.05, 4.69) is 10.4 Å². The second-order valence-corrected chi connectivity index (χ2v) is 4.43. The van der Waals surface area contributed by atoms with Crippen LogP contribution >= 0.6 is 11.6 Å². The normalized spacial score (nSPS) is 12.5. The van der Waals surface area contributed by atoms with Crippen molar-refractivity contribution in [2.24, 2.45) is 7.05 Å². The zero-order valence-corrected chi connectivity index (χ0v) is 10.8. The molecule has 1 amide bonds. The maximum Gasteiger partial charge on any atom is 0.257 e. The summed E-state index contributed by atoms with van der Waals surface area (Å²) in [5.41, 5.74) is 0.389. The molecule has 0 radical (unpaired) electrons. The second-order valence-electron chi connectivity index (χ2n) is 4.02. The number of halogens is 1. The first-order chi connectivity index (χ1) is 9.13. The fraction of sp³-hybridized carbons (Fsp3) is 0.167. The molecule has 2 aromatic rings. The van der Waals surface area contributed by atoms with Gasteiger partial charge in [-0.25, -0.2) is 0 Å². The van der Waals surface area contributed by atoms with Crippen molar-refractivity contribution in [2.75, 3.05) is 12.1 Å². The largest absolute Gasteiger partial charge is 0.454 e. The minimum absolute atomic E-state index is 0.111. The maximum atomic E-state index is 12.1. The van der Waals surface area contributed by atoms with Crippen LogP contribution in [0.3, 0.4) is 0 Å². The third kappa shape index (κ3) is 2.22. The van der Waals surface area contributed by atoms with Crippen molar-refractivity contribution in [3.05, 3.63) is 35.0 Å². The van der Waals surface area contributed by atoms with E-state index in [1.165, 1.54) is 6.07 Å². The Labute approximate surface area is 113 Å². The monoisotopic (exact) mass is 279 g/mol. The summed E-state index contributed by atoms with van der Waals surface area (Å²) in [7, 11) is 1.77. The number of carbonyl (C=O) groups is 1. The number of benzene rings is 1. The van der Waals surface area contributed by atoms with Crippen molar-refractivity contribution in [2.45, 2.75) is 0 Å². The molecule has 0 spiro atoms. The Morgan fingerprint density at radius 3 is 3.05 bits per heavy atom. The number of aromatic nitrogens is 2. The number of aryl methyl sites for hydroxylation is 1. The lowest BCUT2D eigenvalue weighted by Gasteiger charge is -2.05. The standard InChI is InChI=1S/C12H10ClN3O3/c1-16-3-2-10(15-16)14-12(17)7-4-8(13)11-9(5-7)18-6-19-11/h2-5H,6H2,1H3,(H,14,15,17). The number of anilines is 1. The van der Waals surface area contributed by atoms with Gasteiger partial charge in [-0.2, -0.15) is 5.10 Å². The predicted octanol–water partition coefficient (Wildman–Crippen LogP) is 2.05. The molecule has 0 saturated heterocycles. The van der Waals surface area contributed by atoms with E-state index in [9.17, 15) is 4.79 Å². The minimum Gasteiger partial charge on any atom is -0.454 e. The van der Waals surface area contributed by atoms with Crippen molar-refractivity contribution >= 4 is 23.3 Å². The summed E-state index contributed by atoms with van der Waals surface area (Å²) in [6.45, 7) is 0.111. The summed E-state index contributed by atoms with van der Waals surface area (Å²) in [5, 5.41) is 7.09. The average Bonchev–Trinajstić information content (AvgIpc) is 2.98. The van der Waals surface area contributed by atoms with Crippen molar-refractivity contribution in [3.8, 4) is 11.5 Å². The maximum absolute atomic E-state index is 12.1. The summed E-state index contributed by atoms with van der Waals surface area (Å²) < 4.78 is 12.0.